The van der Waals surface area contributed by atoms with Gasteiger partial charge in [0.05, 0.1) is 24.9 Å². The zero-order chi connectivity index (χ0) is 13.6. The van der Waals surface area contributed by atoms with Gasteiger partial charge in [0, 0.05) is 0 Å². The highest BCUT2D eigenvalue weighted by atomic mass is 16.5. The topological polar surface area (TPSA) is 56.5 Å². The Kier molecular flexibility index (Phi) is 5.59. The van der Waals surface area contributed by atoms with Crippen molar-refractivity contribution in [1.29, 1.82) is 0 Å². The predicted molar refractivity (Wildman–Crippen MR) is 73.4 cm³/mol. The minimum atomic E-state index is -0.166. The van der Waals surface area contributed by atoms with Gasteiger partial charge in [0.2, 0.25) is 0 Å². The highest BCUT2D eigenvalue weighted by molar-refractivity contribution is 5.29. The summed E-state index contributed by atoms with van der Waals surface area (Å²) < 4.78 is 11.1. The summed E-state index contributed by atoms with van der Waals surface area (Å²) in [6, 6.07) is 7.88. The Labute approximate surface area is 109 Å². The van der Waals surface area contributed by atoms with Crippen LogP contribution in [-0.2, 0) is 4.74 Å². The summed E-state index contributed by atoms with van der Waals surface area (Å²) in [7, 11) is 0. The molecule has 0 aliphatic rings. The smallest absolute Gasteiger partial charge is 0.119 e. The zero-order valence-electron chi connectivity index (χ0n) is 11.7. The summed E-state index contributed by atoms with van der Waals surface area (Å²) in [5, 5.41) is 0. The standard InChI is InChI=1S/C14H24N2O2/c1-5-17-12-8-6-11(7-9-12)13(16-15)10-18-14(2,3)4/h6-9,13,16H,5,10,15H2,1-4H3. The molecule has 18 heavy (non-hydrogen) atoms. The van der Waals surface area contributed by atoms with Gasteiger partial charge in [-0.1, -0.05) is 12.1 Å². The molecule has 0 aliphatic carbocycles. The van der Waals surface area contributed by atoms with E-state index in [9.17, 15) is 0 Å². The third kappa shape index (κ3) is 5.04. The summed E-state index contributed by atoms with van der Waals surface area (Å²) in [6.45, 7) is 9.25. The first-order chi connectivity index (χ1) is 8.46. The van der Waals surface area contributed by atoms with E-state index in [4.69, 9.17) is 15.3 Å². The Morgan fingerprint density at radius 2 is 1.83 bits per heavy atom. The molecule has 0 aliphatic heterocycles. The van der Waals surface area contributed by atoms with E-state index in [0.29, 0.717) is 13.2 Å². The molecule has 0 fully saturated rings. The highest BCUT2D eigenvalue weighted by Gasteiger charge is 2.16. The molecule has 4 nitrogen and oxygen atoms in total. The molecule has 0 saturated heterocycles. The van der Waals surface area contributed by atoms with Crippen molar-refractivity contribution in [2.75, 3.05) is 13.2 Å². The first kappa shape index (κ1) is 15.0. The van der Waals surface area contributed by atoms with Crippen molar-refractivity contribution in [3.05, 3.63) is 29.8 Å². The predicted octanol–water partition coefficient (Wildman–Crippen LogP) is 2.40. The van der Waals surface area contributed by atoms with Crippen LogP contribution in [0.15, 0.2) is 24.3 Å². The van der Waals surface area contributed by atoms with Crippen LogP contribution in [0.4, 0.5) is 0 Å². The van der Waals surface area contributed by atoms with Crippen LogP contribution in [0.1, 0.15) is 39.3 Å². The molecule has 0 saturated carbocycles. The van der Waals surface area contributed by atoms with E-state index >= 15 is 0 Å². The van der Waals surface area contributed by atoms with Crippen molar-refractivity contribution in [2.24, 2.45) is 5.84 Å². The van der Waals surface area contributed by atoms with Crippen LogP contribution in [-0.4, -0.2) is 18.8 Å². The summed E-state index contributed by atoms with van der Waals surface area (Å²) in [4.78, 5) is 0. The third-order valence-corrected chi connectivity index (χ3v) is 2.48. The molecular weight excluding hydrogens is 228 g/mol. The van der Waals surface area contributed by atoms with Crippen molar-refractivity contribution >= 4 is 0 Å². The molecule has 0 heterocycles. The second kappa shape index (κ2) is 6.73. The minimum Gasteiger partial charge on any atom is -0.494 e. The van der Waals surface area contributed by atoms with Crippen LogP contribution < -0.4 is 16.0 Å². The fourth-order valence-corrected chi connectivity index (χ4v) is 1.54. The van der Waals surface area contributed by atoms with Crippen LogP contribution in [0.25, 0.3) is 0 Å². The van der Waals surface area contributed by atoms with Crippen LogP contribution in [0.2, 0.25) is 0 Å². The fraction of sp³-hybridized carbons (Fsp3) is 0.571. The van der Waals surface area contributed by atoms with Gasteiger partial charge in [-0.05, 0) is 45.4 Å². The molecule has 0 aromatic heterocycles. The summed E-state index contributed by atoms with van der Waals surface area (Å²) in [5.41, 5.74) is 3.70. The van der Waals surface area contributed by atoms with Gasteiger partial charge in [0.25, 0.3) is 0 Å². The van der Waals surface area contributed by atoms with Gasteiger partial charge in [-0.15, -0.1) is 0 Å². The maximum Gasteiger partial charge on any atom is 0.119 e. The molecule has 1 rings (SSSR count). The summed E-state index contributed by atoms with van der Waals surface area (Å²) in [5.74, 6) is 6.44. The van der Waals surface area contributed by atoms with E-state index in [1.807, 2.05) is 52.0 Å². The molecule has 0 bridgehead atoms. The van der Waals surface area contributed by atoms with Crippen molar-refractivity contribution in [2.45, 2.75) is 39.3 Å². The maximum atomic E-state index is 5.74. The maximum absolute atomic E-state index is 5.74. The number of hydrogen-bond donors (Lipinski definition) is 2. The van der Waals surface area contributed by atoms with Gasteiger partial charge in [0.15, 0.2) is 0 Å². The fourth-order valence-electron chi connectivity index (χ4n) is 1.54. The van der Waals surface area contributed by atoms with Crippen molar-refractivity contribution in [1.82, 2.24) is 5.43 Å². The molecule has 1 unspecified atom stereocenters. The number of nitrogens with two attached hydrogens (primary N) is 1. The first-order valence-electron chi connectivity index (χ1n) is 6.29. The summed E-state index contributed by atoms with van der Waals surface area (Å²) in [6.07, 6.45) is 0. The largest absolute Gasteiger partial charge is 0.494 e. The van der Waals surface area contributed by atoms with E-state index in [1.54, 1.807) is 0 Å². The van der Waals surface area contributed by atoms with Gasteiger partial charge in [-0.25, -0.2) is 0 Å². The summed E-state index contributed by atoms with van der Waals surface area (Å²) >= 11 is 0. The lowest BCUT2D eigenvalue weighted by atomic mass is 10.1. The van der Waals surface area contributed by atoms with Crippen LogP contribution in [0, 0.1) is 0 Å². The lowest BCUT2D eigenvalue weighted by molar-refractivity contribution is -0.0148. The molecule has 1 atom stereocenters. The SMILES string of the molecule is CCOc1ccc(C(COC(C)(C)C)NN)cc1. The van der Waals surface area contributed by atoms with Gasteiger partial charge < -0.3 is 9.47 Å². The van der Waals surface area contributed by atoms with Gasteiger partial charge in [0.1, 0.15) is 5.75 Å². The number of nitrogens with one attached hydrogen (secondary N) is 1. The Hall–Kier alpha value is -1.10. The third-order valence-electron chi connectivity index (χ3n) is 2.48. The normalized spacial score (nSPS) is 13.4. The lowest BCUT2D eigenvalue weighted by Crippen LogP contribution is -2.34. The molecule has 0 amide bonds. The van der Waals surface area contributed by atoms with Crippen molar-refractivity contribution in [3.63, 3.8) is 0 Å². The molecule has 0 radical (unpaired) electrons. The van der Waals surface area contributed by atoms with E-state index in [1.165, 1.54) is 0 Å². The zero-order valence-corrected chi connectivity index (χ0v) is 11.7. The Morgan fingerprint density at radius 3 is 2.28 bits per heavy atom. The Bertz CT molecular complexity index is 344. The Balaban J connectivity index is 2.64. The van der Waals surface area contributed by atoms with E-state index in [0.717, 1.165) is 11.3 Å². The van der Waals surface area contributed by atoms with Crippen molar-refractivity contribution in [3.8, 4) is 5.75 Å². The second-order valence-electron chi connectivity index (χ2n) is 5.14. The number of benzene rings is 1. The van der Waals surface area contributed by atoms with Gasteiger partial charge in [-0.2, -0.15) is 0 Å². The van der Waals surface area contributed by atoms with E-state index < -0.39 is 0 Å². The van der Waals surface area contributed by atoms with Gasteiger partial charge in [-0.3, -0.25) is 11.3 Å². The van der Waals surface area contributed by atoms with Gasteiger partial charge >= 0.3 is 0 Å². The molecule has 1 aromatic rings. The highest BCUT2D eigenvalue weighted by Crippen LogP contribution is 2.19. The first-order valence-corrected chi connectivity index (χ1v) is 6.29. The molecule has 4 heteroatoms. The van der Waals surface area contributed by atoms with Crippen LogP contribution >= 0.6 is 0 Å². The number of hydrogen-bond acceptors (Lipinski definition) is 4. The van der Waals surface area contributed by atoms with Crippen molar-refractivity contribution < 1.29 is 9.47 Å². The molecule has 102 valence electrons. The molecular formula is C14H24N2O2. The molecule has 3 N–H and O–H groups in total. The number of ether oxygens (including phenoxy) is 2. The van der Waals surface area contributed by atoms with Crippen LogP contribution in [0.3, 0.4) is 0 Å². The monoisotopic (exact) mass is 252 g/mol. The lowest BCUT2D eigenvalue weighted by Gasteiger charge is -2.24. The average Bonchev–Trinajstić information content (AvgIpc) is 2.31. The van der Waals surface area contributed by atoms with E-state index in [2.05, 4.69) is 5.43 Å². The van der Waals surface area contributed by atoms with Crippen LogP contribution in [0.5, 0.6) is 5.75 Å². The quantitative estimate of drug-likeness (QED) is 0.603. The second-order valence-corrected chi connectivity index (χ2v) is 5.14. The number of rotatable bonds is 6. The Morgan fingerprint density at radius 1 is 1.22 bits per heavy atom. The average molecular weight is 252 g/mol. The minimum absolute atomic E-state index is 0.0140. The molecule has 1 aromatic carbocycles. The van der Waals surface area contributed by atoms with E-state index in [-0.39, 0.29) is 11.6 Å². The molecule has 0 spiro atoms. The number of hydrazine groups is 1.